The Morgan fingerprint density at radius 1 is 1.40 bits per heavy atom. The summed E-state index contributed by atoms with van der Waals surface area (Å²) in [4.78, 5) is 23.2. The van der Waals surface area contributed by atoms with E-state index in [1.807, 2.05) is 18.1 Å². The number of anilines is 1. The summed E-state index contributed by atoms with van der Waals surface area (Å²) in [6, 6.07) is 1.81. The van der Waals surface area contributed by atoms with Gasteiger partial charge in [-0.15, -0.1) is 0 Å². The number of nitrogens with one attached hydrogen (secondary N) is 1. The molecule has 132 valence electrons. The van der Waals surface area contributed by atoms with Crippen LogP contribution in [-0.2, 0) is 11.8 Å². The Balaban J connectivity index is 1.48. The normalized spacial score (nSPS) is 21.0. The number of carbonyl (C=O) groups is 1. The minimum Gasteiger partial charge on any atom is -0.377 e. The molecule has 0 radical (unpaired) electrons. The molecule has 1 saturated heterocycles. The molecule has 4 rings (SSSR count). The van der Waals surface area contributed by atoms with Gasteiger partial charge in [-0.2, -0.15) is 5.10 Å². The molecule has 8 heteroatoms. The summed E-state index contributed by atoms with van der Waals surface area (Å²) < 4.78 is 7.30. The number of aromatic nitrogens is 4. The fourth-order valence-electron chi connectivity index (χ4n) is 3.39. The van der Waals surface area contributed by atoms with Crippen molar-refractivity contribution in [3.63, 3.8) is 0 Å². The molecule has 8 nitrogen and oxygen atoms in total. The zero-order valence-corrected chi connectivity index (χ0v) is 14.3. The lowest BCUT2D eigenvalue weighted by molar-refractivity contribution is -0.0216. The van der Waals surface area contributed by atoms with E-state index < -0.39 is 0 Å². The Labute approximate surface area is 146 Å². The lowest BCUT2D eigenvalue weighted by Gasteiger charge is -2.43. The van der Waals surface area contributed by atoms with Gasteiger partial charge in [0.25, 0.3) is 0 Å². The van der Waals surface area contributed by atoms with E-state index in [0.29, 0.717) is 31.6 Å². The molecule has 1 aliphatic heterocycles. The highest BCUT2D eigenvalue weighted by Gasteiger charge is 2.36. The van der Waals surface area contributed by atoms with Gasteiger partial charge in [0.2, 0.25) is 5.95 Å². The molecule has 1 unspecified atom stereocenters. The van der Waals surface area contributed by atoms with Crippen molar-refractivity contribution in [1.82, 2.24) is 24.6 Å². The zero-order valence-electron chi connectivity index (χ0n) is 14.3. The van der Waals surface area contributed by atoms with Gasteiger partial charge >= 0.3 is 6.03 Å². The second-order valence-electron chi connectivity index (χ2n) is 6.62. The first-order valence-corrected chi connectivity index (χ1v) is 8.68. The number of hydrogen-bond acceptors (Lipinski definition) is 5. The molecule has 0 aromatic carbocycles. The number of amides is 2. The van der Waals surface area contributed by atoms with Crippen LogP contribution in [0.1, 0.15) is 19.3 Å². The van der Waals surface area contributed by atoms with Gasteiger partial charge in [0.15, 0.2) is 0 Å². The highest BCUT2D eigenvalue weighted by atomic mass is 16.5. The molecule has 2 aromatic heterocycles. The van der Waals surface area contributed by atoms with E-state index in [9.17, 15) is 4.79 Å². The molecule has 2 aromatic rings. The van der Waals surface area contributed by atoms with Crippen molar-refractivity contribution in [2.45, 2.75) is 25.3 Å². The number of ether oxygens (including phenoxy) is 1. The Bertz CT molecular complexity index is 757. The quantitative estimate of drug-likeness (QED) is 0.921. The SMILES string of the molecule is Cn1cc(-c2ccnc(NC(=O)N3CCOCC3C3CCC3)n2)cn1. The van der Waals surface area contributed by atoms with E-state index in [0.717, 1.165) is 11.3 Å². The third kappa shape index (κ3) is 3.34. The largest absolute Gasteiger partial charge is 0.377 e. The summed E-state index contributed by atoms with van der Waals surface area (Å²) in [6.45, 7) is 1.80. The van der Waals surface area contributed by atoms with Gasteiger partial charge in [-0.25, -0.2) is 14.8 Å². The molecule has 2 amide bonds. The number of urea groups is 1. The maximum Gasteiger partial charge on any atom is 0.324 e. The average Bonchev–Trinajstić information content (AvgIpc) is 3.01. The van der Waals surface area contributed by atoms with Gasteiger partial charge in [0, 0.05) is 31.5 Å². The third-order valence-electron chi connectivity index (χ3n) is 5.00. The number of carbonyl (C=O) groups excluding carboxylic acids is 1. The molecule has 0 spiro atoms. The van der Waals surface area contributed by atoms with Crippen molar-refractivity contribution in [1.29, 1.82) is 0 Å². The highest BCUT2D eigenvalue weighted by Crippen LogP contribution is 2.33. The standard InChI is InChI=1S/C17H22N6O2/c1-22-10-13(9-19-22)14-5-6-18-16(20-14)21-17(24)23-7-8-25-11-15(23)12-3-2-4-12/h5-6,9-10,12,15H,2-4,7-8,11H2,1H3,(H,18,20,21,24). The fraction of sp³-hybridized carbons (Fsp3) is 0.529. The zero-order chi connectivity index (χ0) is 17.2. The summed E-state index contributed by atoms with van der Waals surface area (Å²) in [5, 5.41) is 6.99. The van der Waals surface area contributed by atoms with Crippen LogP contribution in [0.15, 0.2) is 24.7 Å². The van der Waals surface area contributed by atoms with Crippen molar-refractivity contribution in [2.75, 3.05) is 25.1 Å². The average molecular weight is 342 g/mol. The maximum absolute atomic E-state index is 12.7. The number of aryl methyl sites for hydroxylation is 1. The van der Waals surface area contributed by atoms with Crippen LogP contribution >= 0.6 is 0 Å². The Morgan fingerprint density at radius 3 is 3.00 bits per heavy atom. The third-order valence-corrected chi connectivity index (χ3v) is 5.00. The van der Waals surface area contributed by atoms with Crippen LogP contribution in [0.4, 0.5) is 10.7 Å². The minimum atomic E-state index is -0.150. The van der Waals surface area contributed by atoms with E-state index in [1.54, 1.807) is 23.1 Å². The van der Waals surface area contributed by atoms with Crippen molar-refractivity contribution < 1.29 is 9.53 Å². The minimum absolute atomic E-state index is 0.150. The maximum atomic E-state index is 12.7. The van der Waals surface area contributed by atoms with E-state index in [-0.39, 0.29) is 12.1 Å². The second kappa shape index (κ2) is 6.79. The Morgan fingerprint density at radius 2 is 2.28 bits per heavy atom. The number of rotatable bonds is 3. The van der Waals surface area contributed by atoms with E-state index in [1.165, 1.54) is 19.3 Å². The first-order chi connectivity index (χ1) is 12.2. The summed E-state index contributed by atoms with van der Waals surface area (Å²) in [5.41, 5.74) is 1.62. The molecule has 1 aliphatic carbocycles. The monoisotopic (exact) mass is 342 g/mol. The van der Waals surface area contributed by atoms with Crippen molar-refractivity contribution >= 4 is 12.0 Å². The van der Waals surface area contributed by atoms with Crippen molar-refractivity contribution in [2.24, 2.45) is 13.0 Å². The van der Waals surface area contributed by atoms with Crippen molar-refractivity contribution in [3.05, 3.63) is 24.7 Å². The van der Waals surface area contributed by atoms with Crippen LogP contribution in [-0.4, -0.2) is 56.5 Å². The first kappa shape index (κ1) is 16.0. The van der Waals surface area contributed by atoms with Crippen LogP contribution in [0.2, 0.25) is 0 Å². The van der Waals surface area contributed by atoms with Crippen LogP contribution in [0.3, 0.4) is 0 Å². The summed E-state index contributed by atoms with van der Waals surface area (Å²) in [6.07, 6.45) is 8.85. The van der Waals surface area contributed by atoms with Gasteiger partial charge in [-0.05, 0) is 24.8 Å². The molecule has 1 saturated carbocycles. The van der Waals surface area contributed by atoms with Crippen LogP contribution in [0, 0.1) is 5.92 Å². The highest BCUT2D eigenvalue weighted by molar-refractivity contribution is 5.88. The summed E-state index contributed by atoms with van der Waals surface area (Å²) in [7, 11) is 1.85. The lowest BCUT2D eigenvalue weighted by atomic mass is 9.79. The molecule has 25 heavy (non-hydrogen) atoms. The van der Waals surface area contributed by atoms with Crippen molar-refractivity contribution in [3.8, 4) is 11.3 Å². The Kier molecular flexibility index (Phi) is 4.35. The van der Waals surface area contributed by atoms with E-state index >= 15 is 0 Å². The van der Waals surface area contributed by atoms with E-state index in [2.05, 4.69) is 20.4 Å². The van der Waals surface area contributed by atoms with Gasteiger partial charge in [0.1, 0.15) is 0 Å². The molecule has 3 heterocycles. The second-order valence-corrected chi connectivity index (χ2v) is 6.62. The first-order valence-electron chi connectivity index (χ1n) is 8.68. The summed E-state index contributed by atoms with van der Waals surface area (Å²) in [5.74, 6) is 0.860. The van der Waals surface area contributed by atoms with Gasteiger partial charge in [-0.1, -0.05) is 6.42 Å². The molecule has 2 aliphatic rings. The Hall–Kier alpha value is -2.48. The van der Waals surface area contributed by atoms with Crippen LogP contribution in [0.25, 0.3) is 11.3 Å². The number of nitrogens with zero attached hydrogens (tertiary/aromatic N) is 5. The molecule has 1 atom stereocenters. The number of hydrogen-bond donors (Lipinski definition) is 1. The fourth-order valence-corrected chi connectivity index (χ4v) is 3.39. The molecular weight excluding hydrogens is 320 g/mol. The lowest BCUT2D eigenvalue weighted by Crippen LogP contribution is -2.54. The van der Waals surface area contributed by atoms with Gasteiger partial charge in [0.05, 0.1) is 31.1 Å². The molecule has 0 bridgehead atoms. The van der Waals surface area contributed by atoms with Gasteiger partial charge < -0.3 is 9.64 Å². The molecule has 1 N–H and O–H groups in total. The van der Waals surface area contributed by atoms with Crippen LogP contribution in [0.5, 0.6) is 0 Å². The predicted molar refractivity (Wildman–Crippen MR) is 91.9 cm³/mol. The molecular formula is C17H22N6O2. The van der Waals surface area contributed by atoms with Crippen LogP contribution < -0.4 is 5.32 Å². The van der Waals surface area contributed by atoms with Gasteiger partial charge in [-0.3, -0.25) is 10.00 Å². The molecule has 2 fully saturated rings. The predicted octanol–water partition coefficient (Wildman–Crippen LogP) is 1.91. The smallest absolute Gasteiger partial charge is 0.324 e. The number of morpholine rings is 1. The van der Waals surface area contributed by atoms with E-state index in [4.69, 9.17) is 4.74 Å². The summed E-state index contributed by atoms with van der Waals surface area (Å²) >= 11 is 0. The topological polar surface area (TPSA) is 85.2 Å².